The molecule has 3 aromatic carbocycles. The van der Waals surface area contributed by atoms with Gasteiger partial charge in [0, 0.05) is 11.3 Å². The predicted octanol–water partition coefficient (Wildman–Crippen LogP) is 4.47. The Morgan fingerprint density at radius 3 is 2.33 bits per heavy atom. The van der Waals surface area contributed by atoms with Crippen LogP contribution >= 0.6 is 0 Å². The fourth-order valence-corrected chi connectivity index (χ4v) is 4.81. The molecule has 1 aliphatic rings. The average molecular weight is 421 g/mol. The van der Waals surface area contributed by atoms with Crippen LogP contribution in [0.5, 0.6) is 0 Å². The minimum atomic E-state index is -3.66. The molecule has 30 heavy (non-hydrogen) atoms. The Kier molecular flexibility index (Phi) is 5.59. The van der Waals surface area contributed by atoms with E-state index >= 15 is 0 Å². The highest BCUT2D eigenvalue weighted by Crippen LogP contribution is 2.25. The van der Waals surface area contributed by atoms with Gasteiger partial charge in [-0.1, -0.05) is 36.4 Å². The van der Waals surface area contributed by atoms with E-state index in [2.05, 4.69) is 28.2 Å². The van der Waals surface area contributed by atoms with E-state index in [9.17, 15) is 13.2 Å². The van der Waals surface area contributed by atoms with Gasteiger partial charge < -0.3 is 5.32 Å². The molecule has 0 aromatic heterocycles. The Morgan fingerprint density at radius 2 is 1.60 bits per heavy atom. The maximum atomic E-state index is 12.6. The second-order valence-corrected chi connectivity index (χ2v) is 9.26. The Bertz CT molecular complexity index is 1160. The molecule has 0 heterocycles. The van der Waals surface area contributed by atoms with Gasteiger partial charge in [-0.2, -0.15) is 0 Å². The van der Waals surface area contributed by atoms with Crippen LogP contribution in [0.15, 0.2) is 77.7 Å². The van der Waals surface area contributed by atoms with E-state index < -0.39 is 10.0 Å². The fourth-order valence-electron chi connectivity index (χ4n) is 3.73. The second kappa shape index (κ2) is 8.32. The lowest BCUT2D eigenvalue weighted by molar-refractivity contribution is 0.0940. The van der Waals surface area contributed by atoms with E-state index in [4.69, 9.17) is 0 Å². The van der Waals surface area contributed by atoms with E-state index in [1.165, 1.54) is 29.7 Å². The Labute approximate surface area is 177 Å². The number of hydrogen-bond acceptors (Lipinski definition) is 3. The van der Waals surface area contributed by atoms with E-state index in [1.807, 2.05) is 6.92 Å². The summed E-state index contributed by atoms with van der Waals surface area (Å²) in [7, 11) is -3.66. The van der Waals surface area contributed by atoms with E-state index in [1.54, 1.807) is 42.5 Å². The molecule has 0 fully saturated rings. The van der Waals surface area contributed by atoms with Crippen LogP contribution in [0.3, 0.4) is 0 Å². The molecular formula is C24H24N2O3S. The first-order valence-electron chi connectivity index (χ1n) is 10.0. The first-order valence-corrected chi connectivity index (χ1v) is 11.5. The quantitative estimate of drug-likeness (QED) is 0.618. The topological polar surface area (TPSA) is 75.3 Å². The summed E-state index contributed by atoms with van der Waals surface area (Å²) >= 11 is 0. The lowest BCUT2D eigenvalue weighted by Crippen LogP contribution is -2.26. The molecule has 0 aliphatic heterocycles. The number of benzene rings is 3. The van der Waals surface area contributed by atoms with Crippen molar-refractivity contribution in [2.24, 2.45) is 0 Å². The third-order valence-electron chi connectivity index (χ3n) is 5.42. The van der Waals surface area contributed by atoms with Crippen molar-refractivity contribution in [3.63, 3.8) is 0 Å². The molecule has 1 atom stereocenters. The van der Waals surface area contributed by atoms with Crippen molar-refractivity contribution in [2.75, 3.05) is 4.72 Å². The molecule has 0 saturated heterocycles. The molecule has 4 rings (SSSR count). The Morgan fingerprint density at radius 1 is 0.900 bits per heavy atom. The van der Waals surface area contributed by atoms with Gasteiger partial charge in [-0.15, -0.1) is 0 Å². The van der Waals surface area contributed by atoms with Crippen molar-refractivity contribution in [1.82, 2.24) is 5.32 Å². The molecule has 5 nitrogen and oxygen atoms in total. The number of rotatable bonds is 6. The summed E-state index contributed by atoms with van der Waals surface area (Å²) in [6, 6.07) is 20.9. The molecular weight excluding hydrogens is 396 g/mol. The highest BCUT2D eigenvalue weighted by atomic mass is 32.2. The molecule has 3 aromatic rings. The minimum Gasteiger partial charge on any atom is -0.346 e. The van der Waals surface area contributed by atoms with Gasteiger partial charge in [-0.05, 0) is 79.3 Å². The number of sulfonamides is 1. The van der Waals surface area contributed by atoms with Crippen LogP contribution in [0.25, 0.3) is 0 Å². The van der Waals surface area contributed by atoms with Gasteiger partial charge in [0.2, 0.25) is 0 Å². The molecule has 0 unspecified atom stereocenters. The minimum absolute atomic E-state index is 0.111. The zero-order valence-electron chi connectivity index (χ0n) is 16.8. The summed E-state index contributed by atoms with van der Waals surface area (Å²) < 4.78 is 27.4. The largest absolute Gasteiger partial charge is 0.346 e. The number of nitrogens with one attached hydrogen (secondary N) is 2. The Balaban J connectivity index is 1.42. The molecule has 154 valence electrons. The summed E-state index contributed by atoms with van der Waals surface area (Å²) in [6.07, 6.45) is 3.43. The van der Waals surface area contributed by atoms with Crippen LogP contribution in [0.4, 0.5) is 5.69 Å². The van der Waals surface area contributed by atoms with Crippen molar-refractivity contribution < 1.29 is 13.2 Å². The maximum absolute atomic E-state index is 12.6. The molecule has 0 saturated carbocycles. The number of aryl methyl sites for hydroxylation is 2. The first kappa shape index (κ1) is 20.2. The standard InChI is InChI=1S/C24H24N2O3S/c1-17(20-11-10-18-6-5-7-21(18)16-20)25-24(27)19-12-14-22(15-13-19)26-30(28,29)23-8-3-2-4-9-23/h2-4,8-17,26H,5-7H2,1H3,(H,25,27)/t17-/m1/s1. The van der Waals surface area contributed by atoms with Crippen molar-refractivity contribution >= 4 is 21.6 Å². The number of anilines is 1. The zero-order valence-corrected chi connectivity index (χ0v) is 17.6. The number of carbonyl (C=O) groups excluding carboxylic acids is 1. The summed E-state index contributed by atoms with van der Waals surface area (Å²) in [5, 5.41) is 3.02. The van der Waals surface area contributed by atoms with Gasteiger partial charge in [-0.3, -0.25) is 9.52 Å². The van der Waals surface area contributed by atoms with Gasteiger partial charge in [0.25, 0.3) is 15.9 Å². The first-order chi connectivity index (χ1) is 14.4. The van der Waals surface area contributed by atoms with E-state index in [0.29, 0.717) is 11.3 Å². The molecule has 0 bridgehead atoms. The molecule has 6 heteroatoms. The van der Waals surface area contributed by atoms with Crippen molar-refractivity contribution in [3.8, 4) is 0 Å². The normalized spacial score (nSPS) is 14.0. The van der Waals surface area contributed by atoms with Crippen molar-refractivity contribution in [2.45, 2.75) is 37.1 Å². The number of hydrogen-bond donors (Lipinski definition) is 2. The fraction of sp³-hybridized carbons (Fsp3) is 0.208. The second-order valence-electron chi connectivity index (χ2n) is 7.57. The van der Waals surface area contributed by atoms with Crippen LogP contribution in [-0.2, 0) is 22.9 Å². The van der Waals surface area contributed by atoms with Crippen LogP contribution in [0.1, 0.15) is 46.4 Å². The summed E-state index contributed by atoms with van der Waals surface area (Å²) in [5.74, 6) is -0.194. The van der Waals surface area contributed by atoms with Gasteiger partial charge in [0.15, 0.2) is 0 Å². The third-order valence-corrected chi connectivity index (χ3v) is 6.82. The zero-order chi connectivity index (χ0) is 21.1. The molecule has 1 aliphatic carbocycles. The molecule has 0 radical (unpaired) electrons. The van der Waals surface area contributed by atoms with Crippen molar-refractivity contribution in [3.05, 3.63) is 95.1 Å². The van der Waals surface area contributed by atoms with Crippen LogP contribution in [-0.4, -0.2) is 14.3 Å². The van der Waals surface area contributed by atoms with Crippen molar-refractivity contribution in [1.29, 1.82) is 0 Å². The summed E-state index contributed by atoms with van der Waals surface area (Å²) in [5.41, 5.74) is 4.76. The highest BCUT2D eigenvalue weighted by Gasteiger charge is 2.17. The van der Waals surface area contributed by atoms with Gasteiger partial charge in [0.05, 0.1) is 10.9 Å². The molecule has 2 N–H and O–H groups in total. The van der Waals surface area contributed by atoms with Gasteiger partial charge in [-0.25, -0.2) is 8.42 Å². The highest BCUT2D eigenvalue weighted by molar-refractivity contribution is 7.92. The number of carbonyl (C=O) groups is 1. The number of amides is 1. The number of fused-ring (bicyclic) bond motifs is 1. The van der Waals surface area contributed by atoms with Gasteiger partial charge >= 0.3 is 0 Å². The lowest BCUT2D eigenvalue weighted by Gasteiger charge is -2.16. The maximum Gasteiger partial charge on any atom is 0.261 e. The average Bonchev–Trinajstić information content (AvgIpc) is 3.22. The summed E-state index contributed by atoms with van der Waals surface area (Å²) in [4.78, 5) is 12.8. The van der Waals surface area contributed by atoms with E-state index in [0.717, 1.165) is 18.4 Å². The van der Waals surface area contributed by atoms with Gasteiger partial charge in [0.1, 0.15) is 0 Å². The smallest absolute Gasteiger partial charge is 0.261 e. The molecule has 0 spiro atoms. The monoisotopic (exact) mass is 420 g/mol. The van der Waals surface area contributed by atoms with Crippen LogP contribution in [0.2, 0.25) is 0 Å². The predicted molar refractivity (Wildman–Crippen MR) is 118 cm³/mol. The third kappa shape index (κ3) is 4.39. The van der Waals surface area contributed by atoms with E-state index in [-0.39, 0.29) is 16.8 Å². The SMILES string of the molecule is C[C@@H](NC(=O)c1ccc(NS(=O)(=O)c2ccccc2)cc1)c1ccc2c(c1)CCC2. The lowest BCUT2D eigenvalue weighted by atomic mass is 10.0. The summed E-state index contributed by atoms with van der Waals surface area (Å²) in [6.45, 7) is 1.97. The van der Waals surface area contributed by atoms with Crippen LogP contribution < -0.4 is 10.0 Å². The van der Waals surface area contributed by atoms with Crippen LogP contribution in [0, 0.1) is 0 Å². The molecule has 1 amide bonds. The Hall–Kier alpha value is -3.12.